The summed E-state index contributed by atoms with van der Waals surface area (Å²) in [7, 11) is 0. The highest BCUT2D eigenvalue weighted by molar-refractivity contribution is 7.19. The molecule has 1 aromatic heterocycles. The summed E-state index contributed by atoms with van der Waals surface area (Å²) in [6.45, 7) is 9.30. The number of amides is 3. The van der Waals surface area contributed by atoms with E-state index in [1.54, 1.807) is 16.2 Å². The van der Waals surface area contributed by atoms with Gasteiger partial charge in [0.05, 0.1) is 5.69 Å². The van der Waals surface area contributed by atoms with Crippen molar-refractivity contribution in [3.05, 3.63) is 41.3 Å². The van der Waals surface area contributed by atoms with Gasteiger partial charge in [-0.2, -0.15) is 0 Å². The molecule has 2 atom stereocenters. The van der Waals surface area contributed by atoms with Crippen molar-refractivity contribution in [1.82, 2.24) is 15.5 Å². The fourth-order valence-electron chi connectivity index (χ4n) is 3.70. The number of aryl methyl sites for hydroxylation is 1. The molecule has 160 valence electrons. The standard InChI is InChI=1S/C22H28N4O3S/c1-4-20(28)26-9-5-6-17(12-26)25-22(29)16-7-8-19-18(10-16)21(15(3)30-19)23-11-14(2)24-13-27/h4,7-8,10,13-14,17,23H,1,5-6,9,11-12H2,2-3H3,(H,24,27)(H,25,29)/t14-,17?/m1/s1. The number of anilines is 1. The minimum Gasteiger partial charge on any atom is -0.382 e. The number of hydrogen-bond donors (Lipinski definition) is 3. The van der Waals surface area contributed by atoms with Crippen molar-refractivity contribution in [2.24, 2.45) is 0 Å². The van der Waals surface area contributed by atoms with Crippen molar-refractivity contribution in [1.29, 1.82) is 0 Å². The first-order valence-electron chi connectivity index (χ1n) is 10.1. The molecule has 1 aliphatic rings. The molecule has 30 heavy (non-hydrogen) atoms. The summed E-state index contributed by atoms with van der Waals surface area (Å²) in [5.74, 6) is -0.237. The quantitative estimate of drug-likeness (QED) is 0.445. The van der Waals surface area contributed by atoms with Gasteiger partial charge in [0, 0.05) is 52.2 Å². The molecule has 1 fully saturated rings. The molecular weight excluding hydrogens is 400 g/mol. The molecule has 1 saturated heterocycles. The second kappa shape index (κ2) is 9.75. The zero-order valence-electron chi connectivity index (χ0n) is 17.4. The predicted molar refractivity (Wildman–Crippen MR) is 121 cm³/mol. The van der Waals surface area contributed by atoms with Crippen LogP contribution in [0, 0.1) is 6.92 Å². The molecule has 3 rings (SSSR count). The molecule has 2 heterocycles. The van der Waals surface area contributed by atoms with Crippen LogP contribution in [0.15, 0.2) is 30.9 Å². The molecule has 1 unspecified atom stereocenters. The zero-order valence-corrected chi connectivity index (χ0v) is 18.2. The Morgan fingerprint density at radius 1 is 1.40 bits per heavy atom. The third kappa shape index (κ3) is 4.99. The number of carbonyl (C=O) groups is 3. The Labute approximate surface area is 180 Å². The maximum absolute atomic E-state index is 12.9. The van der Waals surface area contributed by atoms with Crippen LogP contribution in [0.1, 0.15) is 35.0 Å². The number of benzene rings is 1. The highest BCUT2D eigenvalue weighted by atomic mass is 32.1. The molecule has 7 nitrogen and oxygen atoms in total. The zero-order chi connectivity index (χ0) is 21.7. The summed E-state index contributed by atoms with van der Waals surface area (Å²) in [4.78, 5) is 38.2. The van der Waals surface area contributed by atoms with Crippen LogP contribution >= 0.6 is 11.3 Å². The Morgan fingerprint density at radius 2 is 2.20 bits per heavy atom. The van der Waals surface area contributed by atoms with Gasteiger partial charge in [-0.1, -0.05) is 6.58 Å². The lowest BCUT2D eigenvalue weighted by Gasteiger charge is -2.32. The SMILES string of the molecule is C=CC(=O)N1CCCC(NC(=O)c2ccc3sc(C)c(NC[C@@H](C)NC=O)c3c2)C1. The summed E-state index contributed by atoms with van der Waals surface area (Å²) in [5, 5.41) is 10.2. The highest BCUT2D eigenvalue weighted by Crippen LogP contribution is 2.35. The largest absolute Gasteiger partial charge is 0.382 e. The number of thiophene rings is 1. The highest BCUT2D eigenvalue weighted by Gasteiger charge is 2.24. The smallest absolute Gasteiger partial charge is 0.251 e. The second-order valence-electron chi connectivity index (χ2n) is 7.61. The Bertz CT molecular complexity index is 955. The normalized spacial score (nSPS) is 17.3. The molecule has 2 aromatic rings. The monoisotopic (exact) mass is 428 g/mol. The Kier molecular flexibility index (Phi) is 7.10. The summed E-state index contributed by atoms with van der Waals surface area (Å²) in [6, 6.07) is 5.64. The van der Waals surface area contributed by atoms with Gasteiger partial charge in [-0.25, -0.2) is 0 Å². The first-order chi connectivity index (χ1) is 14.4. The van der Waals surface area contributed by atoms with Crippen LogP contribution < -0.4 is 16.0 Å². The van der Waals surface area contributed by atoms with Crippen LogP contribution in [0.5, 0.6) is 0 Å². The number of carbonyl (C=O) groups excluding carboxylic acids is 3. The van der Waals surface area contributed by atoms with Crippen LogP contribution in [0.4, 0.5) is 5.69 Å². The number of nitrogens with zero attached hydrogens (tertiary/aromatic N) is 1. The lowest BCUT2D eigenvalue weighted by molar-refractivity contribution is -0.127. The molecule has 8 heteroatoms. The van der Waals surface area contributed by atoms with Crippen LogP contribution in [0.25, 0.3) is 10.1 Å². The molecule has 1 aromatic carbocycles. The van der Waals surface area contributed by atoms with Gasteiger partial charge in [0.2, 0.25) is 12.3 Å². The first kappa shape index (κ1) is 21.8. The molecule has 0 saturated carbocycles. The Hall–Kier alpha value is -2.87. The summed E-state index contributed by atoms with van der Waals surface area (Å²) < 4.78 is 1.10. The van der Waals surface area contributed by atoms with E-state index in [0.717, 1.165) is 33.5 Å². The van der Waals surface area contributed by atoms with E-state index in [1.165, 1.54) is 6.08 Å². The maximum atomic E-state index is 12.9. The lowest BCUT2D eigenvalue weighted by Crippen LogP contribution is -2.49. The molecular formula is C22H28N4O3S. The summed E-state index contributed by atoms with van der Waals surface area (Å²) >= 11 is 1.67. The van der Waals surface area contributed by atoms with E-state index >= 15 is 0 Å². The van der Waals surface area contributed by atoms with Gasteiger partial charge in [-0.05, 0) is 51.0 Å². The topological polar surface area (TPSA) is 90.5 Å². The fraction of sp³-hybridized carbons (Fsp3) is 0.409. The molecule has 0 bridgehead atoms. The van der Waals surface area contributed by atoms with Crippen LogP contribution in [-0.2, 0) is 9.59 Å². The number of hydrogen-bond acceptors (Lipinski definition) is 5. The summed E-state index contributed by atoms with van der Waals surface area (Å²) in [6.07, 6.45) is 3.72. The van der Waals surface area contributed by atoms with Gasteiger partial charge in [-0.15, -0.1) is 11.3 Å². The number of piperidine rings is 1. The van der Waals surface area contributed by atoms with Crippen LogP contribution in [0.3, 0.4) is 0 Å². The molecule has 3 amide bonds. The minimum absolute atomic E-state index is 0.00384. The minimum atomic E-state index is -0.138. The van der Waals surface area contributed by atoms with E-state index in [0.29, 0.717) is 31.6 Å². The van der Waals surface area contributed by atoms with E-state index in [2.05, 4.69) is 22.5 Å². The van der Waals surface area contributed by atoms with E-state index in [4.69, 9.17) is 0 Å². The fourth-order valence-corrected chi connectivity index (χ4v) is 4.73. The second-order valence-corrected chi connectivity index (χ2v) is 8.87. The van der Waals surface area contributed by atoms with E-state index in [9.17, 15) is 14.4 Å². The van der Waals surface area contributed by atoms with Crippen molar-refractivity contribution in [2.75, 3.05) is 25.0 Å². The third-order valence-corrected chi connectivity index (χ3v) is 6.39. The van der Waals surface area contributed by atoms with E-state index in [1.807, 2.05) is 32.0 Å². The van der Waals surface area contributed by atoms with Gasteiger partial charge in [0.25, 0.3) is 5.91 Å². The molecule has 1 aliphatic heterocycles. The molecule has 0 radical (unpaired) electrons. The van der Waals surface area contributed by atoms with E-state index < -0.39 is 0 Å². The van der Waals surface area contributed by atoms with Crippen molar-refractivity contribution < 1.29 is 14.4 Å². The number of rotatable bonds is 8. The average molecular weight is 429 g/mol. The van der Waals surface area contributed by atoms with E-state index in [-0.39, 0.29) is 23.9 Å². The third-order valence-electron chi connectivity index (χ3n) is 5.31. The Balaban J connectivity index is 1.73. The maximum Gasteiger partial charge on any atom is 0.251 e. The van der Waals surface area contributed by atoms with Crippen molar-refractivity contribution in [3.63, 3.8) is 0 Å². The first-order valence-corrected chi connectivity index (χ1v) is 10.9. The summed E-state index contributed by atoms with van der Waals surface area (Å²) in [5.41, 5.74) is 1.58. The number of likely N-dealkylation sites (tertiary alicyclic amines) is 1. The average Bonchev–Trinajstić information content (AvgIpc) is 3.06. The van der Waals surface area contributed by atoms with Crippen LogP contribution in [-0.4, -0.2) is 54.8 Å². The molecule has 0 aliphatic carbocycles. The lowest BCUT2D eigenvalue weighted by atomic mass is 10.0. The number of nitrogens with one attached hydrogen (secondary N) is 3. The van der Waals surface area contributed by atoms with Gasteiger partial charge in [0.1, 0.15) is 0 Å². The van der Waals surface area contributed by atoms with Gasteiger partial charge in [0.15, 0.2) is 0 Å². The van der Waals surface area contributed by atoms with Gasteiger partial charge in [-0.3, -0.25) is 14.4 Å². The van der Waals surface area contributed by atoms with Crippen molar-refractivity contribution in [2.45, 2.75) is 38.8 Å². The van der Waals surface area contributed by atoms with Crippen molar-refractivity contribution >= 4 is 45.3 Å². The van der Waals surface area contributed by atoms with Gasteiger partial charge < -0.3 is 20.9 Å². The Morgan fingerprint density at radius 3 is 2.93 bits per heavy atom. The van der Waals surface area contributed by atoms with Crippen LogP contribution in [0.2, 0.25) is 0 Å². The molecule has 0 spiro atoms. The van der Waals surface area contributed by atoms with Gasteiger partial charge >= 0.3 is 0 Å². The number of fused-ring (bicyclic) bond motifs is 1. The molecule has 3 N–H and O–H groups in total. The predicted octanol–water partition coefficient (Wildman–Crippen LogP) is 2.66. The van der Waals surface area contributed by atoms with Crippen molar-refractivity contribution in [3.8, 4) is 0 Å².